The Hall–Kier alpha value is 1.04. The summed E-state index contributed by atoms with van der Waals surface area (Å²) >= 11 is 8.12. The second-order valence-electron chi connectivity index (χ2n) is 0.699. The number of thiol groups is 1. The maximum absolute atomic E-state index is 4.64. The van der Waals surface area contributed by atoms with Crippen LogP contribution in [0.2, 0.25) is 0 Å². The third-order valence-electron chi connectivity index (χ3n) is 0.268. The molecule has 0 unspecified atom stereocenters. The van der Waals surface area contributed by atoms with Gasteiger partial charge in [-0.15, -0.1) is 0 Å². The van der Waals surface area contributed by atoms with E-state index in [4.69, 9.17) is 0 Å². The molecule has 42 valence electrons. The fourth-order valence-electron chi connectivity index (χ4n) is 0.123. The van der Waals surface area contributed by atoms with Gasteiger partial charge in [-0.25, -0.2) is 0 Å². The molecule has 0 saturated carbocycles. The van der Waals surface area contributed by atoms with Gasteiger partial charge >= 0.3 is 23.9 Å². The first-order valence-corrected chi connectivity index (χ1v) is 2.48. The van der Waals surface area contributed by atoms with Gasteiger partial charge in [0.15, 0.2) is 0 Å². The molecule has 0 saturated heterocycles. The van der Waals surface area contributed by atoms with Gasteiger partial charge in [0.25, 0.3) is 0 Å². The average Bonchev–Trinajstić information content (AvgIpc) is 1.35. The average molecular weight is 243 g/mol. The number of rotatable bonds is 1. The van der Waals surface area contributed by atoms with Crippen LogP contribution in [0.3, 0.4) is 0 Å². The summed E-state index contributed by atoms with van der Waals surface area (Å²) in [4.78, 5) is 0. The third-order valence-corrected chi connectivity index (χ3v) is 0.515. The van der Waals surface area contributed by atoms with Gasteiger partial charge in [0.1, 0.15) is 0 Å². The molecule has 0 bridgehead atoms. The molecular weight excluding hydrogens is 235 g/mol. The summed E-state index contributed by atoms with van der Waals surface area (Å²) in [6.45, 7) is 2.48. The summed E-state index contributed by atoms with van der Waals surface area (Å²) < 4.78 is 4.95. The van der Waals surface area contributed by atoms with Crippen molar-refractivity contribution in [3.8, 4) is 0 Å². The van der Waals surface area contributed by atoms with Gasteiger partial charge in [0, 0.05) is 0 Å². The fourth-order valence-corrected chi connectivity index (χ4v) is 0.370. The van der Waals surface area contributed by atoms with Gasteiger partial charge in [-0.05, 0) is 19.1 Å². The first kappa shape index (κ1) is 10.9. The summed E-state index contributed by atoms with van der Waals surface area (Å²) in [6.07, 6.45) is 0. The number of ether oxygens (including phenoxy) is 1. The molecule has 0 atom stereocenters. The molecule has 0 amide bonds. The monoisotopic (exact) mass is 244 g/mol. The van der Waals surface area contributed by atoms with Crippen LogP contribution >= 0.6 is 24.8 Å². The Morgan fingerprint density at radius 2 is 2.29 bits per heavy atom. The standard InChI is InChI=1S/C3H6OS2.Sn.2H/c1-2-4-3(5)6;;;/h2H2,1H3,(H,5,6);;;. The van der Waals surface area contributed by atoms with E-state index in [1.54, 1.807) is 0 Å². The van der Waals surface area contributed by atoms with Crippen LogP contribution in [0, 0.1) is 0 Å². The molecule has 4 heteroatoms. The minimum absolute atomic E-state index is 0. The van der Waals surface area contributed by atoms with Crippen LogP contribution in [0.5, 0.6) is 0 Å². The molecular formula is C3H8OS2Sn. The predicted octanol–water partition coefficient (Wildman–Crippen LogP) is 0.321. The van der Waals surface area contributed by atoms with Crippen molar-refractivity contribution < 1.29 is 4.74 Å². The molecule has 0 spiro atoms. The Balaban J connectivity index is 0. The molecule has 1 nitrogen and oxygen atoms in total. The fraction of sp³-hybridized carbons (Fsp3) is 0.667. The van der Waals surface area contributed by atoms with Crippen LogP contribution in [0.15, 0.2) is 0 Å². The Morgan fingerprint density at radius 3 is 2.29 bits per heavy atom. The maximum atomic E-state index is 4.64. The Labute approximate surface area is 71.2 Å². The van der Waals surface area contributed by atoms with Crippen molar-refractivity contribution in [2.75, 3.05) is 6.61 Å². The van der Waals surface area contributed by atoms with Gasteiger partial charge in [0.05, 0.1) is 6.61 Å². The molecule has 0 rings (SSSR count). The molecule has 0 aromatic heterocycles. The summed E-state index contributed by atoms with van der Waals surface area (Å²) in [7, 11) is 0. The molecule has 0 heterocycles. The second kappa shape index (κ2) is 7.04. The summed E-state index contributed by atoms with van der Waals surface area (Å²) in [5.41, 5.74) is 0. The van der Waals surface area contributed by atoms with Crippen LogP contribution in [-0.2, 0) is 4.74 Å². The molecule has 0 aromatic carbocycles. The number of thiocarbonyl (C=S) groups is 1. The normalized spacial score (nSPS) is 6.57. The summed E-state index contributed by atoms with van der Waals surface area (Å²) in [6, 6.07) is 0. The zero-order valence-corrected chi connectivity index (χ0v) is 9.93. The third kappa shape index (κ3) is 11.0. The van der Waals surface area contributed by atoms with Gasteiger partial charge < -0.3 is 4.74 Å². The van der Waals surface area contributed by atoms with Crippen LogP contribution in [0.1, 0.15) is 6.92 Å². The molecule has 0 aliphatic rings. The van der Waals surface area contributed by atoms with Crippen molar-refractivity contribution in [2.24, 2.45) is 0 Å². The molecule has 2 radical (unpaired) electrons. The quantitative estimate of drug-likeness (QED) is 0.403. The van der Waals surface area contributed by atoms with Crippen molar-refractivity contribution >= 4 is 53.1 Å². The Morgan fingerprint density at radius 1 is 1.86 bits per heavy atom. The van der Waals surface area contributed by atoms with E-state index in [1.807, 2.05) is 6.92 Å². The second-order valence-corrected chi connectivity index (χ2v) is 1.78. The zero-order valence-electron chi connectivity index (χ0n) is 4.18. The van der Waals surface area contributed by atoms with Crippen LogP contribution in [-0.4, -0.2) is 34.9 Å². The van der Waals surface area contributed by atoms with Crippen molar-refractivity contribution in [3.05, 3.63) is 0 Å². The van der Waals surface area contributed by atoms with Gasteiger partial charge in [-0.2, -0.15) is 0 Å². The SMILES string of the molecule is CCOC(=S)S.[SnH2]. The molecule has 0 aliphatic carbocycles. The van der Waals surface area contributed by atoms with E-state index >= 15 is 0 Å². The van der Waals surface area contributed by atoms with Gasteiger partial charge in [-0.1, -0.05) is 12.6 Å². The number of hydrogen-bond acceptors (Lipinski definition) is 2. The first-order chi connectivity index (χ1) is 2.77. The van der Waals surface area contributed by atoms with Gasteiger partial charge in [-0.3, -0.25) is 0 Å². The van der Waals surface area contributed by atoms with E-state index in [9.17, 15) is 0 Å². The van der Waals surface area contributed by atoms with Crippen molar-refractivity contribution in [1.29, 1.82) is 0 Å². The minimum atomic E-state index is 0. The van der Waals surface area contributed by atoms with Crippen molar-refractivity contribution in [1.82, 2.24) is 0 Å². The topological polar surface area (TPSA) is 9.23 Å². The Bertz CT molecular complexity index is 56.9. The van der Waals surface area contributed by atoms with E-state index in [1.165, 1.54) is 0 Å². The van der Waals surface area contributed by atoms with E-state index in [0.29, 0.717) is 11.0 Å². The number of hydrogen-bond donors (Lipinski definition) is 1. The summed E-state index contributed by atoms with van der Waals surface area (Å²) in [5.74, 6) is 0. The van der Waals surface area contributed by atoms with Crippen molar-refractivity contribution in [2.45, 2.75) is 6.92 Å². The molecule has 0 fully saturated rings. The van der Waals surface area contributed by atoms with Crippen LogP contribution in [0.25, 0.3) is 0 Å². The van der Waals surface area contributed by atoms with E-state index in [-0.39, 0.29) is 23.9 Å². The zero-order chi connectivity index (χ0) is 4.99. The first-order valence-electron chi connectivity index (χ1n) is 1.63. The molecule has 0 N–H and O–H groups in total. The van der Waals surface area contributed by atoms with Crippen molar-refractivity contribution in [3.63, 3.8) is 0 Å². The van der Waals surface area contributed by atoms with E-state index in [2.05, 4.69) is 29.6 Å². The van der Waals surface area contributed by atoms with Crippen LogP contribution < -0.4 is 0 Å². The van der Waals surface area contributed by atoms with E-state index < -0.39 is 0 Å². The van der Waals surface area contributed by atoms with E-state index in [0.717, 1.165) is 0 Å². The Kier molecular flexibility index (Phi) is 11.0. The molecule has 0 aliphatic heterocycles. The summed E-state index contributed by atoms with van der Waals surface area (Å²) in [5, 5.41) is 0. The molecule has 7 heavy (non-hydrogen) atoms. The van der Waals surface area contributed by atoms with Gasteiger partial charge in [0.2, 0.25) is 4.38 Å². The van der Waals surface area contributed by atoms with Crippen LogP contribution in [0.4, 0.5) is 0 Å². The molecule has 0 aromatic rings. The predicted molar refractivity (Wildman–Crippen MR) is 41.8 cm³/mol.